The lowest BCUT2D eigenvalue weighted by Gasteiger charge is -2.02. The molecule has 0 saturated heterocycles. The Morgan fingerprint density at radius 1 is 1.31 bits per heavy atom. The van der Waals surface area contributed by atoms with Crippen LogP contribution in [0, 0.1) is 12.7 Å². The van der Waals surface area contributed by atoms with Crippen molar-refractivity contribution < 1.29 is 9.18 Å². The number of hydrogen-bond acceptors (Lipinski definition) is 3. The Morgan fingerprint density at radius 2 is 2.12 bits per heavy atom. The van der Waals surface area contributed by atoms with Gasteiger partial charge < -0.3 is 0 Å². The van der Waals surface area contributed by atoms with E-state index < -0.39 is 5.82 Å². The van der Waals surface area contributed by atoms with Gasteiger partial charge >= 0.3 is 0 Å². The minimum atomic E-state index is -0.609. The predicted molar refractivity (Wildman–Crippen MR) is 56.6 cm³/mol. The third-order valence-electron chi connectivity index (χ3n) is 2.18. The maximum absolute atomic E-state index is 13.3. The summed E-state index contributed by atoms with van der Waals surface area (Å²) in [6.45, 7) is 1.78. The largest absolute Gasteiger partial charge is 0.288 e. The summed E-state index contributed by atoms with van der Waals surface area (Å²) in [5, 5.41) is 0. The first-order valence-corrected chi connectivity index (χ1v) is 4.75. The van der Waals surface area contributed by atoms with Crippen LogP contribution in [0.15, 0.2) is 36.8 Å². The first-order chi connectivity index (χ1) is 7.68. The van der Waals surface area contributed by atoms with Crippen molar-refractivity contribution in [3.63, 3.8) is 0 Å². The molecular weight excluding hydrogens is 207 g/mol. The molecule has 0 atom stereocenters. The number of aromatic nitrogens is 2. The summed E-state index contributed by atoms with van der Waals surface area (Å²) < 4.78 is 13.3. The number of hydrogen-bond donors (Lipinski definition) is 0. The number of carbonyl (C=O) groups is 1. The minimum absolute atomic E-state index is 0.0283. The monoisotopic (exact) mass is 216 g/mol. The first-order valence-electron chi connectivity index (χ1n) is 4.75. The van der Waals surface area contributed by atoms with Gasteiger partial charge in [0.15, 0.2) is 11.6 Å². The highest BCUT2D eigenvalue weighted by Crippen LogP contribution is 2.12. The van der Waals surface area contributed by atoms with Gasteiger partial charge in [-0.2, -0.15) is 0 Å². The molecule has 0 aliphatic rings. The Morgan fingerprint density at radius 3 is 2.81 bits per heavy atom. The molecular formula is C12H9FN2O. The van der Waals surface area contributed by atoms with Gasteiger partial charge in [-0.25, -0.2) is 4.39 Å². The zero-order valence-corrected chi connectivity index (χ0v) is 8.64. The molecule has 0 radical (unpaired) electrons. The molecule has 0 bridgehead atoms. The van der Waals surface area contributed by atoms with Crippen LogP contribution in [0.1, 0.15) is 21.6 Å². The fourth-order valence-corrected chi connectivity index (χ4v) is 1.40. The third kappa shape index (κ3) is 1.95. The Bertz CT molecular complexity index is 540. The minimum Gasteiger partial charge on any atom is -0.288 e. The van der Waals surface area contributed by atoms with Crippen LogP contribution < -0.4 is 0 Å². The smallest absolute Gasteiger partial charge is 0.196 e. The molecule has 0 unspecified atom stereocenters. The second kappa shape index (κ2) is 4.18. The van der Waals surface area contributed by atoms with Crippen molar-refractivity contribution in [2.24, 2.45) is 0 Å². The summed E-state index contributed by atoms with van der Waals surface area (Å²) in [7, 11) is 0. The molecule has 0 aliphatic carbocycles. The van der Waals surface area contributed by atoms with Gasteiger partial charge in [0, 0.05) is 23.7 Å². The van der Waals surface area contributed by atoms with Crippen molar-refractivity contribution in [2.75, 3.05) is 0 Å². The molecule has 0 saturated carbocycles. The number of rotatable bonds is 2. The molecule has 0 amide bonds. The Hall–Kier alpha value is -2.10. The molecule has 0 aromatic carbocycles. The van der Waals surface area contributed by atoms with Gasteiger partial charge in [-0.1, -0.05) is 0 Å². The van der Waals surface area contributed by atoms with E-state index >= 15 is 0 Å². The molecule has 2 rings (SSSR count). The summed E-state index contributed by atoms with van der Waals surface area (Å²) >= 11 is 0. The van der Waals surface area contributed by atoms with Crippen LogP contribution >= 0.6 is 0 Å². The van der Waals surface area contributed by atoms with Crippen LogP contribution in [0.3, 0.4) is 0 Å². The summed E-state index contributed by atoms with van der Waals surface area (Å²) in [6, 6.07) is 4.56. The topological polar surface area (TPSA) is 42.9 Å². The first kappa shape index (κ1) is 10.4. The van der Waals surface area contributed by atoms with Crippen LogP contribution in [0.2, 0.25) is 0 Å². The van der Waals surface area contributed by atoms with Crippen molar-refractivity contribution in [2.45, 2.75) is 6.92 Å². The standard InChI is InChI=1S/C12H9FN2O/c1-8-6-9(2-5-15-8)12(16)10-3-4-14-7-11(10)13/h2-7H,1H3. The van der Waals surface area contributed by atoms with Gasteiger partial charge in [0.25, 0.3) is 0 Å². The van der Waals surface area contributed by atoms with Gasteiger partial charge in [0.2, 0.25) is 0 Å². The molecule has 0 spiro atoms. The number of ketones is 1. The van der Waals surface area contributed by atoms with Crippen molar-refractivity contribution in [3.8, 4) is 0 Å². The van der Waals surface area contributed by atoms with Crippen molar-refractivity contribution in [3.05, 3.63) is 59.4 Å². The fraction of sp³-hybridized carbons (Fsp3) is 0.0833. The summed E-state index contributed by atoms with van der Waals surface area (Å²) in [6.07, 6.45) is 3.95. The van der Waals surface area contributed by atoms with Crippen molar-refractivity contribution in [1.82, 2.24) is 9.97 Å². The molecule has 2 aromatic heterocycles. The van der Waals surface area contributed by atoms with Gasteiger partial charge in [-0.05, 0) is 25.1 Å². The van der Waals surface area contributed by atoms with Crippen LogP contribution in [0.25, 0.3) is 0 Å². The number of nitrogens with zero attached hydrogens (tertiary/aromatic N) is 2. The van der Waals surface area contributed by atoms with Crippen molar-refractivity contribution in [1.29, 1.82) is 0 Å². The van der Waals surface area contributed by atoms with Crippen LogP contribution in [-0.2, 0) is 0 Å². The lowest BCUT2D eigenvalue weighted by atomic mass is 10.0. The molecule has 4 heteroatoms. The van der Waals surface area contributed by atoms with Crippen LogP contribution in [0.4, 0.5) is 4.39 Å². The van der Waals surface area contributed by atoms with E-state index in [-0.39, 0.29) is 11.3 Å². The molecule has 16 heavy (non-hydrogen) atoms. The number of halogens is 1. The lowest BCUT2D eigenvalue weighted by molar-refractivity contribution is 0.103. The number of carbonyl (C=O) groups excluding carboxylic acids is 1. The van der Waals surface area contributed by atoms with E-state index in [9.17, 15) is 9.18 Å². The van der Waals surface area contributed by atoms with E-state index in [1.54, 1.807) is 19.1 Å². The van der Waals surface area contributed by atoms with E-state index in [0.717, 1.165) is 11.9 Å². The van der Waals surface area contributed by atoms with Gasteiger partial charge in [0.1, 0.15) is 0 Å². The van der Waals surface area contributed by atoms with E-state index in [1.807, 2.05) is 0 Å². The number of pyridine rings is 2. The second-order valence-electron chi connectivity index (χ2n) is 3.37. The zero-order valence-electron chi connectivity index (χ0n) is 8.64. The highest BCUT2D eigenvalue weighted by molar-refractivity contribution is 6.09. The Labute approximate surface area is 92.0 Å². The number of aryl methyl sites for hydroxylation is 1. The highest BCUT2D eigenvalue weighted by Gasteiger charge is 2.13. The molecule has 0 N–H and O–H groups in total. The van der Waals surface area contributed by atoms with Gasteiger partial charge in [-0.3, -0.25) is 14.8 Å². The normalized spacial score (nSPS) is 10.1. The van der Waals surface area contributed by atoms with E-state index in [2.05, 4.69) is 9.97 Å². The average Bonchev–Trinajstić information content (AvgIpc) is 2.29. The van der Waals surface area contributed by atoms with Gasteiger partial charge in [0.05, 0.1) is 11.8 Å². The predicted octanol–water partition coefficient (Wildman–Crippen LogP) is 2.16. The average molecular weight is 216 g/mol. The van der Waals surface area contributed by atoms with E-state index in [0.29, 0.717) is 5.56 Å². The summed E-state index contributed by atoms with van der Waals surface area (Å²) in [4.78, 5) is 19.5. The van der Waals surface area contributed by atoms with E-state index in [4.69, 9.17) is 0 Å². The van der Waals surface area contributed by atoms with Gasteiger partial charge in [-0.15, -0.1) is 0 Å². The lowest BCUT2D eigenvalue weighted by Crippen LogP contribution is -2.05. The SMILES string of the molecule is Cc1cc(C(=O)c2ccncc2F)ccn1. The summed E-state index contributed by atoms with van der Waals surface area (Å²) in [5.41, 5.74) is 1.18. The second-order valence-corrected chi connectivity index (χ2v) is 3.37. The maximum atomic E-state index is 13.3. The maximum Gasteiger partial charge on any atom is 0.196 e. The third-order valence-corrected chi connectivity index (χ3v) is 2.18. The van der Waals surface area contributed by atoms with Crippen molar-refractivity contribution >= 4 is 5.78 Å². The quantitative estimate of drug-likeness (QED) is 0.722. The molecule has 0 fully saturated rings. The fourth-order valence-electron chi connectivity index (χ4n) is 1.40. The molecule has 0 aliphatic heterocycles. The Balaban J connectivity index is 2.44. The molecule has 2 heterocycles. The molecule has 80 valence electrons. The van der Waals surface area contributed by atoms with Crippen LogP contribution in [0.5, 0.6) is 0 Å². The van der Waals surface area contributed by atoms with Crippen LogP contribution in [-0.4, -0.2) is 15.8 Å². The Kier molecular flexibility index (Phi) is 2.72. The molecule has 2 aromatic rings. The zero-order chi connectivity index (χ0) is 11.5. The highest BCUT2D eigenvalue weighted by atomic mass is 19.1. The van der Waals surface area contributed by atoms with E-state index in [1.165, 1.54) is 18.5 Å². The summed E-state index contributed by atoms with van der Waals surface area (Å²) in [5.74, 6) is -0.965. The molecule has 3 nitrogen and oxygen atoms in total.